The summed E-state index contributed by atoms with van der Waals surface area (Å²) in [7, 11) is 0. The van der Waals surface area contributed by atoms with Crippen LogP contribution in [0.4, 0.5) is 5.69 Å². The van der Waals surface area contributed by atoms with Crippen LogP contribution in [0, 0.1) is 0 Å². The summed E-state index contributed by atoms with van der Waals surface area (Å²) in [5, 5.41) is 7.38. The number of nitrogens with zero attached hydrogens (tertiary/aromatic N) is 2. The zero-order chi connectivity index (χ0) is 19.5. The van der Waals surface area contributed by atoms with Crippen molar-refractivity contribution >= 4 is 11.4 Å². The fraction of sp³-hybridized carbons (Fsp3) is 0.0741. The molecule has 140 valence electrons. The van der Waals surface area contributed by atoms with Gasteiger partial charge in [0, 0.05) is 0 Å². The van der Waals surface area contributed by atoms with Gasteiger partial charge in [-0.05, 0) is 28.8 Å². The maximum absolute atomic E-state index is 5.19. The minimum Gasteiger partial charge on any atom is -0.257 e. The largest absolute Gasteiger partial charge is 0.257 e. The normalized spacial score (nSPS) is 18.5. The Morgan fingerprint density at radius 3 is 1.59 bits per heavy atom. The first-order chi connectivity index (χ1) is 14.4. The molecule has 1 aliphatic heterocycles. The summed E-state index contributed by atoms with van der Waals surface area (Å²) < 4.78 is 0. The molecular formula is C27H22N2. The molecule has 0 aliphatic carbocycles. The van der Waals surface area contributed by atoms with Gasteiger partial charge in [-0.1, -0.05) is 109 Å². The average Bonchev–Trinajstić information content (AvgIpc) is 3.22. The molecule has 2 heteroatoms. The van der Waals surface area contributed by atoms with Gasteiger partial charge in [-0.3, -0.25) is 5.01 Å². The predicted molar refractivity (Wildman–Crippen MR) is 120 cm³/mol. The van der Waals surface area contributed by atoms with Crippen molar-refractivity contribution in [2.45, 2.75) is 12.0 Å². The van der Waals surface area contributed by atoms with Gasteiger partial charge in [0.05, 0.1) is 23.4 Å². The summed E-state index contributed by atoms with van der Waals surface area (Å²) in [6.45, 7) is 0. The highest BCUT2D eigenvalue weighted by Gasteiger charge is 2.40. The molecule has 1 heterocycles. The standard InChI is InChI=1S/C27H22N2/c1-5-13-21(14-6-1)25-26(22-15-7-2-8-16-22)28-29(24-19-11-4-12-20-24)27(25)23-17-9-3-10-18-23/h1-20,25,27H. The summed E-state index contributed by atoms with van der Waals surface area (Å²) in [5.74, 6) is 0.140. The summed E-state index contributed by atoms with van der Waals surface area (Å²) in [6.07, 6.45) is 0. The molecule has 0 fully saturated rings. The first-order valence-corrected chi connectivity index (χ1v) is 10.00. The summed E-state index contributed by atoms with van der Waals surface area (Å²) in [5.41, 5.74) is 5.92. The Hall–Kier alpha value is -3.65. The Morgan fingerprint density at radius 1 is 0.517 bits per heavy atom. The highest BCUT2D eigenvalue weighted by Crippen LogP contribution is 2.45. The van der Waals surface area contributed by atoms with Crippen LogP contribution >= 0.6 is 0 Å². The molecule has 5 rings (SSSR count). The van der Waals surface area contributed by atoms with Crippen LogP contribution in [0.1, 0.15) is 28.7 Å². The van der Waals surface area contributed by atoms with E-state index in [0.717, 1.165) is 11.4 Å². The van der Waals surface area contributed by atoms with Gasteiger partial charge in [0.25, 0.3) is 0 Å². The molecule has 4 aromatic rings. The van der Waals surface area contributed by atoms with Gasteiger partial charge in [0.2, 0.25) is 0 Å². The quantitative estimate of drug-likeness (QED) is 0.401. The molecule has 4 aromatic carbocycles. The van der Waals surface area contributed by atoms with Crippen molar-refractivity contribution in [1.29, 1.82) is 0 Å². The van der Waals surface area contributed by atoms with Crippen molar-refractivity contribution in [3.63, 3.8) is 0 Å². The van der Waals surface area contributed by atoms with Crippen molar-refractivity contribution < 1.29 is 0 Å². The van der Waals surface area contributed by atoms with E-state index in [1.54, 1.807) is 0 Å². The lowest BCUT2D eigenvalue weighted by molar-refractivity contribution is 0.648. The lowest BCUT2D eigenvalue weighted by Gasteiger charge is -2.29. The predicted octanol–water partition coefficient (Wildman–Crippen LogP) is 6.44. The van der Waals surface area contributed by atoms with Crippen molar-refractivity contribution in [3.05, 3.63) is 138 Å². The number of hydrazone groups is 1. The smallest absolute Gasteiger partial charge is 0.0900 e. The number of benzene rings is 4. The van der Waals surface area contributed by atoms with Crippen LogP contribution < -0.4 is 5.01 Å². The van der Waals surface area contributed by atoms with E-state index in [0.29, 0.717) is 0 Å². The monoisotopic (exact) mass is 374 g/mol. The maximum Gasteiger partial charge on any atom is 0.0900 e. The first kappa shape index (κ1) is 17.4. The zero-order valence-corrected chi connectivity index (χ0v) is 16.1. The Bertz CT molecular complexity index is 1090. The van der Waals surface area contributed by atoms with Gasteiger partial charge in [-0.2, -0.15) is 5.10 Å². The second-order valence-electron chi connectivity index (χ2n) is 7.28. The van der Waals surface area contributed by atoms with E-state index >= 15 is 0 Å². The summed E-state index contributed by atoms with van der Waals surface area (Å²) >= 11 is 0. The number of para-hydroxylation sites is 1. The van der Waals surface area contributed by atoms with Gasteiger partial charge in [-0.15, -0.1) is 0 Å². The molecule has 29 heavy (non-hydrogen) atoms. The Labute approximate surface area is 171 Å². The van der Waals surface area contributed by atoms with Crippen LogP contribution in [-0.2, 0) is 0 Å². The maximum atomic E-state index is 5.19. The molecule has 0 saturated heterocycles. The van der Waals surface area contributed by atoms with Gasteiger partial charge in [-0.25, -0.2) is 0 Å². The van der Waals surface area contributed by atoms with Crippen molar-refractivity contribution in [2.24, 2.45) is 5.10 Å². The molecule has 0 saturated carbocycles. The van der Waals surface area contributed by atoms with Crippen molar-refractivity contribution in [3.8, 4) is 0 Å². The Morgan fingerprint density at radius 2 is 1.00 bits per heavy atom. The van der Waals surface area contributed by atoms with E-state index in [1.165, 1.54) is 16.7 Å². The van der Waals surface area contributed by atoms with Gasteiger partial charge < -0.3 is 0 Å². The molecule has 2 nitrogen and oxygen atoms in total. The molecule has 0 spiro atoms. The number of hydrogen-bond donors (Lipinski definition) is 0. The van der Waals surface area contributed by atoms with Crippen LogP contribution in [0.2, 0.25) is 0 Å². The van der Waals surface area contributed by atoms with Crippen LogP contribution in [0.15, 0.2) is 126 Å². The molecule has 2 unspecified atom stereocenters. The molecule has 0 amide bonds. The van der Waals surface area contributed by atoms with E-state index in [2.05, 4.69) is 120 Å². The van der Waals surface area contributed by atoms with E-state index in [9.17, 15) is 0 Å². The molecule has 0 bridgehead atoms. The fourth-order valence-electron chi connectivity index (χ4n) is 4.16. The van der Waals surface area contributed by atoms with E-state index < -0.39 is 0 Å². The Kier molecular flexibility index (Phi) is 4.67. The molecule has 2 atom stereocenters. The SMILES string of the molecule is c1ccc(C2=NN(c3ccccc3)C(c3ccccc3)C2c2ccccc2)cc1. The molecule has 0 radical (unpaired) electrons. The first-order valence-electron chi connectivity index (χ1n) is 10.00. The van der Waals surface area contributed by atoms with Crippen LogP contribution in [0.5, 0.6) is 0 Å². The van der Waals surface area contributed by atoms with Gasteiger partial charge in [0.1, 0.15) is 0 Å². The average molecular weight is 374 g/mol. The van der Waals surface area contributed by atoms with Crippen LogP contribution in [0.3, 0.4) is 0 Å². The molecule has 0 N–H and O–H groups in total. The molecule has 1 aliphatic rings. The van der Waals surface area contributed by atoms with Gasteiger partial charge in [0.15, 0.2) is 0 Å². The minimum absolute atomic E-state index is 0.0937. The third-order valence-electron chi connectivity index (χ3n) is 5.48. The lowest BCUT2D eigenvalue weighted by atomic mass is 9.82. The summed E-state index contributed by atoms with van der Waals surface area (Å²) in [4.78, 5) is 0. The summed E-state index contributed by atoms with van der Waals surface area (Å²) in [6, 6.07) is 42.6. The topological polar surface area (TPSA) is 15.6 Å². The number of rotatable bonds is 4. The van der Waals surface area contributed by atoms with E-state index in [4.69, 9.17) is 5.10 Å². The zero-order valence-electron chi connectivity index (χ0n) is 16.1. The van der Waals surface area contributed by atoms with Gasteiger partial charge >= 0.3 is 0 Å². The van der Waals surface area contributed by atoms with Crippen LogP contribution in [0.25, 0.3) is 0 Å². The second-order valence-corrected chi connectivity index (χ2v) is 7.28. The highest BCUT2D eigenvalue weighted by molar-refractivity contribution is 6.08. The molecular weight excluding hydrogens is 352 g/mol. The van der Waals surface area contributed by atoms with Crippen molar-refractivity contribution in [1.82, 2.24) is 0 Å². The van der Waals surface area contributed by atoms with E-state index in [1.807, 2.05) is 6.07 Å². The third-order valence-corrected chi connectivity index (χ3v) is 5.48. The molecule has 0 aromatic heterocycles. The van der Waals surface area contributed by atoms with E-state index in [-0.39, 0.29) is 12.0 Å². The van der Waals surface area contributed by atoms with Crippen LogP contribution in [-0.4, -0.2) is 5.71 Å². The lowest BCUT2D eigenvalue weighted by Crippen LogP contribution is -2.24. The number of hydrogen-bond acceptors (Lipinski definition) is 2. The highest BCUT2D eigenvalue weighted by atomic mass is 15.5. The minimum atomic E-state index is 0.0937. The fourth-order valence-corrected chi connectivity index (χ4v) is 4.16. The third kappa shape index (κ3) is 3.34. The number of anilines is 1. The Balaban J connectivity index is 1.72. The second kappa shape index (κ2) is 7.76. The van der Waals surface area contributed by atoms with Crippen molar-refractivity contribution in [2.75, 3.05) is 5.01 Å².